The van der Waals surface area contributed by atoms with Gasteiger partial charge in [-0.15, -0.1) is 0 Å². The summed E-state index contributed by atoms with van der Waals surface area (Å²) in [6, 6.07) is 0. The van der Waals surface area contributed by atoms with Crippen molar-refractivity contribution in [3.05, 3.63) is 12.7 Å². The van der Waals surface area contributed by atoms with Gasteiger partial charge in [0.05, 0.1) is 20.6 Å². The first-order valence-corrected chi connectivity index (χ1v) is 14.6. The molecule has 0 N–H and O–H groups in total. The fourth-order valence-electron chi connectivity index (χ4n) is 4.82. The van der Waals surface area contributed by atoms with E-state index in [0.717, 1.165) is 17.4 Å². The van der Waals surface area contributed by atoms with Crippen molar-refractivity contribution in [2.75, 3.05) is 20.6 Å². The van der Waals surface area contributed by atoms with Gasteiger partial charge in [0, 0.05) is 12.5 Å². The van der Waals surface area contributed by atoms with Gasteiger partial charge in [0.25, 0.3) is 0 Å². The lowest BCUT2D eigenvalue weighted by molar-refractivity contribution is -0.935. The lowest BCUT2D eigenvalue weighted by Crippen LogP contribution is -2.51. The maximum Gasteiger partial charge on any atom is 0.334 e. The molecular weight excluding hydrogens is 406 g/mol. The molecule has 3 heteroatoms. The van der Waals surface area contributed by atoms with E-state index in [1.807, 2.05) is 0 Å². The molecule has 0 aliphatic carbocycles. The average Bonchev–Trinajstić information content (AvgIpc) is 2.80. The normalized spacial score (nSPS) is 12.6. The van der Waals surface area contributed by atoms with Crippen LogP contribution < -0.4 is 0 Å². The Morgan fingerprint density at radius 3 is 1.30 bits per heavy atom. The first-order chi connectivity index (χ1) is 16.0. The Morgan fingerprint density at radius 1 is 0.667 bits per heavy atom. The van der Waals surface area contributed by atoms with E-state index in [0.29, 0.717) is 0 Å². The van der Waals surface area contributed by atoms with Gasteiger partial charge in [-0.05, 0) is 12.8 Å². The molecule has 0 bridgehead atoms. The molecule has 0 aromatic rings. The molecule has 3 nitrogen and oxygen atoms in total. The summed E-state index contributed by atoms with van der Waals surface area (Å²) in [4.78, 5) is 11.5. The second-order valence-electron chi connectivity index (χ2n) is 10.7. The fraction of sp³-hybridized carbons (Fsp3) is 0.900. The second kappa shape index (κ2) is 22.9. The maximum absolute atomic E-state index is 11.5. The number of unbranched alkanes of at least 4 members (excludes halogenated alkanes) is 19. The van der Waals surface area contributed by atoms with Crippen LogP contribution in [0, 0.1) is 0 Å². The number of ether oxygens (including phenoxy) is 1. The van der Waals surface area contributed by atoms with Crippen molar-refractivity contribution >= 4 is 5.97 Å². The van der Waals surface area contributed by atoms with E-state index < -0.39 is 0 Å². The number of carbonyl (C=O) groups excluding carboxylic acids is 1. The number of quaternary nitrogens is 1. The van der Waals surface area contributed by atoms with Crippen molar-refractivity contribution in [1.29, 1.82) is 0 Å². The summed E-state index contributed by atoms with van der Waals surface area (Å²) >= 11 is 0. The highest BCUT2D eigenvalue weighted by Gasteiger charge is 2.28. The first-order valence-electron chi connectivity index (χ1n) is 14.6. The van der Waals surface area contributed by atoms with E-state index >= 15 is 0 Å². The van der Waals surface area contributed by atoms with Crippen LogP contribution in [0.3, 0.4) is 0 Å². The SMILES string of the molecule is C=CC(=O)OC(CC)[N+](C)(C)CCCCCCCCCCCCCCCCCCCCCC. The van der Waals surface area contributed by atoms with Crippen LogP contribution in [0.2, 0.25) is 0 Å². The third-order valence-electron chi connectivity index (χ3n) is 7.14. The molecular formula is C30H60NO2+. The smallest absolute Gasteiger partial charge is 0.334 e. The van der Waals surface area contributed by atoms with Crippen molar-refractivity contribution in [2.45, 2.75) is 155 Å². The molecule has 0 aliphatic heterocycles. The third-order valence-corrected chi connectivity index (χ3v) is 7.14. The van der Waals surface area contributed by atoms with Crippen LogP contribution in [0.25, 0.3) is 0 Å². The molecule has 0 rings (SSSR count). The van der Waals surface area contributed by atoms with Crippen molar-refractivity contribution in [2.24, 2.45) is 0 Å². The number of hydrogen-bond donors (Lipinski definition) is 0. The fourth-order valence-corrected chi connectivity index (χ4v) is 4.82. The van der Waals surface area contributed by atoms with Crippen molar-refractivity contribution in [3.63, 3.8) is 0 Å². The van der Waals surface area contributed by atoms with Gasteiger partial charge in [-0.25, -0.2) is 4.79 Å². The van der Waals surface area contributed by atoms with E-state index in [9.17, 15) is 4.79 Å². The summed E-state index contributed by atoms with van der Waals surface area (Å²) in [6.07, 6.45) is 30.2. The predicted molar refractivity (Wildman–Crippen MR) is 145 cm³/mol. The molecule has 0 saturated carbocycles. The quantitative estimate of drug-likeness (QED) is 0.0440. The van der Waals surface area contributed by atoms with Crippen LogP contribution in [-0.4, -0.2) is 37.3 Å². The molecule has 0 heterocycles. The number of rotatable bonds is 25. The average molecular weight is 467 g/mol. The molecule has 0 spiro atoms. The molecule has 1 atom stereocenters. The van der Waals surface area contributed by atoms with E-state index in [-0.39, 0.29) is 12.2 Å². The van der Waals surface area contributed by atoms with Crippen LogP contribution in [0.5, 0.6) is 0 Å². The Bertz CT molecular complexity index is 447. The molecule has 196 valence electrons. The van der Waals surface area contributed by atoms with Gasteiger partial charge in [-0.2, -0.15) is 0 Å². The Kier molecular flexibility index (Phi) is 22.4. The number of nitrogens with zero attached hydrogens (tertiary/aromatic N) is 1. The van der Waals surface area contributed by atoms with Gasteiger partial charge >= 0.3 is 5.97 Å². The van der Waals surface area contributed by atoms with Gasteiger partial charge in [0.1, 0.15) is 0 Å². The van der Waals surface area contributed by atoms with E-state index in [2.05, 4.69) is 34.5 Å². The maximum atomic E-state index is 11.5. The standard InChI is InChI=1S/C30H60NO2/c1-6-9-10-11-12-13-14-15-16-17-18-19-20-21-22-23-24-25-26-27-28-31(4,5)29(7-2)33-30(32)8-3/h8,29H,3,6-7,9-28H2,1-2,4-5H3/q+1. The van der Waals surface area contributed by atoms with Gasteiger partial charge in [0.15, 0.2) is 0 Å². The Morgan fingerprint density at radius 2 is 1.00 bits per heavy atom. The molecule has 33 heavy (non-hydrogen) atoms. The molecule has 0 saturated heterocycles. The van der Waals surface area contributed by atoms with Crippen LogP contribution in [0.1, 0.15) is 149 Å². The summed E-state index contributed by atoms with van der Waals surface area (Å²) in [5.41, 5.74) is 0. The van der Waals surface area contributed by atoms with Crippen LogP contribution in [0.4, 0.5) is 0 Å². The zero-order valence-electron chi connectivity index (χ0n) is 23.2. The van der Waals surface area contributed by atoms with E-state index in [4.69, 9.17) is 4.74 Å². The number of hydrogen-bond acceptors (Lipinski definition) is 2. The topological polar surface area (TPSA) is 26.3 Å². The Balaban J connectivity index is 3.39. The molecule has 0 aliphatic rings. The van der Waals surface area contributed by atoms with Gasteiger partial charge < -0.3 is 4.74 Å². The lowest BCUT2D eigenvalue weighted by atomic mass is 10.0. The first kappa shape index (κ1) is 32.2. The molecule has 1 unspecified atom stereocenters. The predicted octanol–water partition coefficient (Wildman–Crippen LogP) is 9.35. The van der Waals surface area contributed by atoms with Crippen molar-refractivity contribution < 1.29 is 14.0 Å². The summed E-state index contributed by atoms with van der Waals surface area (Å²) in [7, 11) is 4.33. The molecule has 0 amide bonds. The van der Waals surface area contributed by atoms with Crippen LogP contribution >= 0.6 is 0 Å². The van der Waals surface area contributed by atoms with Gasteiger partial charge in [-0.3, -0.25) is 4.48 Å². The zero-order chi connectivity index (χ0) is 24.6. The molecule has 0 fully saturated rings. The largest absolute Gasteiger partial charge is 0.409 e. The van der Waals surface area contributed by atoms with Crippen molar-refractivity contribution in [3.8, 4) is 0 Å². The zero-order valence-corrected chi connectivity index (χ0v) is 23.2. The highest BCUT2D eigenvalue weighted by atomic mass is 16.6. The lowest BCUT2D eigenvalue weighted by Gasteiger charge is -2.36. The van der Waals surface area contributed by atoms with Gasteiger partial charge in [-0.1, -0.05) is 136 Å². The molecule has 0 radical (unpaired) electrons. The monoisotopic (exact) mass is 466 g/mol. The highest BCUT2D eigenvalue weighted by Crippen LogP contribution is 2.17. The van der Waals surface area contributed by atoms with Gasteiger partial charge in [0.2, 0.25) is 6.23 Å². The minimum Gasteiger partial charge on any atom is -0.409 e. The number of carbonyl (C=O) groups is 1. The Labute approximate surface area is 208 Å². The molecule has 0 aromatic carbocycles. The highest BCUT2D eigenvalue weighted by molar-refractivity contribution is 5.81. The van der Waals surface area contributed by atoms with Crippen LogP contribution in [0.15, 0.2) is 12.7 Å². The minimum atomic E-state index is -0.309. The summed E-state index contributed by atoms with van der Waals surface area (Å²) in [5.74, 6) is -0.309. The minimum absolute atomic E-state index is 0.0733. The van der Waals surface area contributed by atoms with E-state index in [1.54, 1.807) is 0 Å². The number of esters is 1. The summed E-state index contributed by atoms with van der Waals surface area (Å²) < 4.78 is 6.27. The van der Waals surface area contributed by atoms with E-state index in [1.165, 1.54) is 134 Å². The second-order valence-corrected chi connectivity index (χ2v) is 10.7. The van der Waals surface area contributed by atoms with Crippen LogP contribution in [-0.2, 0) is 9.53 Å². The molecule has 0 aromatic heterocycles. The van der Waals surface area contributed by atoms with Crippen molar-refractivity contribution in [1.82, 2.24) is 0 Å². The summed E-state index contributed by atoms with van der Waals surface area (Å²) in [6.45, 7) is 8.94. The third kappa shape index (κ3) is 20.3. The Hall–Kier alpha value is -0.830. The summed E-state index contributed by atoms with van der Waals surface area (Å²) in [5, 5.41) is 0.